The van der Waals surface area contributed by atoms with Gasteiger partial charge in [-0.2, -0.15) is 20.4 Å². The quantitative estimate of drug-likeness (QED) is 0.0370. The van der Waals surface area contributed by atoms with E-state index in [1.807, 2.05) is 31.1 Å². The van der Waals surface area contributed by atoms with Gasteiger partial charge in [0.15, 0.2) is 51.4 Å². The summed E-state index contributed by atoms with van der Waals surface area (Å²) in [6.07, 6.45) is 28.8. The average Bonchev–Trinajstić information content (AvgIpc) is 1.66. The Balaban J connectivity index is 0.000000140. The first kappa shape index (κ1) is 107. The van der Waals surface area contributed by atoms with Gasteiger partial charge >= 0.3 is 10.3 Å². The molecule has 14 aromatic rings. The summed E-state index contributed by atoms with van der Waals surface area (Å²) in [5, 5.41) is 111. The summed E-state index contributed by atoms with van der Waals surface area (Å²) in [7, 11) is 2.23. The molecule has 4 aromatic carbocycles. The fourth-order valence-electron chi connectivity index (χ4n) is 19.5. The Bertz CT molecular complexity index is 6570. The molecule has 48 heteroatoms. The summed E-state index contributed by atoms with van der Waals surface area (Å²) in [5.41, 5.74) is 7.81. The number of methoxy groups -OCH3 is 3. The number of hydrogen-bond donors (Lipinski definition) is 7. The van der Waals surface area contributed by atoms with Crippen LogP contribution in [0.25, 0.3) is 89.4 Å². The van der Waals surface area contributed by atoms with Crippen molar-refractivity contribution in [1.82, 2.24) is 131 Å². The lowest BCUT2D eigenvalue weighted by Gasteiger charge is -2.46. The van der Waals surface area contributed by atoms with E-state index < -0.39 is 36.1 Å². The number of nitrogens with one attached hydrogen (secondary N) is 4. The largest absolute Gasteiger partial charge is 0.504 e. The van der Waals surface area contributed by atoms with Crippen molar-refractivity contribution in [3.8, 4) is 78.9 Å². The first-order chi connectivity index (χ1) is 66.9. The van der Waals surface area contributed by atoms with Crippen LogP contribution in [0.2, 0.25) is 15.2 Å². The number of phenols is 1. The molecule has 752 valence electrons. The third-order valence-corrected chi connectivity index (χ3v) is 25.7. The molecule has 0 radical (unpaired) electrons. The van der Waals surface area contributed by atoms with Crippen molar-refractivity contribution in [2.24, 2.45) is 0 Å². The van der Waals surface area contributed by atoms with Crippen LogP contribution in [-0.2, 0) is 14.2 Å². The monoisotopic (exact) mass is 2260 g/mol. The number of ether oxygens (including phenoxy) is 6. The second-order valence-corrected chi connectivity index (χ2v) is 47.7. The highest BCUT2D eigenvalue weighted by atomic mass is 79.9. The van der Waals surface area contributed by atoms with Gasteiger partial charge in [0.1, 0.15) is 35.2 Å². The summed E-state index contributed by atoms with van der Waals surface area (Å²) in [6, 6.07) is 18.1. The van der Waals surface area contributed by atoms with Crippen LogP contribution in [-0.4, -0.2) is 215 Å². The average molecular weight is 2260 g/mol. The molecular formula is C93H113B2Br4Cl3F4N26O9. The van der Waals surface area contributed by atoms with E-state index in [2.05, 4.69) is 254 Å². The minimum Gasteiger partial charge on any atom is -0.504 e. The van der Waals surface area contributed by atoms with Gasteiger partial charge in [0.2, 0.25) is 16.9 Å². The Labute approximate surface area is 861 Å². The molecule has 0 aliphatic carbocycles. The molecule has 6 aliphatic heterocycles. The topological polar surface area (TPSA) is 404 Å². The van der Waals surface area contributed by atoms with Crippen molar-refractivity contribution in [3.05, 3.63) is 159 Å². The zero-order valence-electron chi connectivity index (χ0n) is 80.6. The van der Waals surface area contributed by atoms with E-state index >= 15 is 4.39 Å². The smallest absolute Gasteiger partial charge is 0.491 e. The maximum atomic E-state index is 15.8. The lowest BCUT2D eigenvalue weighted by molar-refractivity contribution is -0.0395. The van der Waals surface area contributed by atoms with E-state index in [1.54, 1.807) is 94.9 Å². The zero-order chi connectivity index (χ0) is 101. The molecule has 0 saturated carbocycles. The second-order valence-electron chi connectivity index (χ2n) is 39.1. The Hall–Kier alpha value is -9.32. The maximum Gasteiger partial charge on any atom is 0.491 e. The first-order valence-electron chi connectivity index (χ1n) is 46.0. The van der Waals surface area contributed by atoms with E-state index in [0.29, 0.717) is 90.0 Å². The van der Waals surface area contributed by atoms with Crippen LogP contribution in [0.5, 0.6) is 23.0 Å². The molecule has 3 unspecified atom stereocenters. The van der Waals surface area contributed by atoms with E-state index in [0.717, 1.165) is 101 Å². The predicted octanol–water partition coefficient (Wildman–Crippen LogP) is 19.8. The highest BCUT2D eigenvalue weighted by Gasteiger charge is 2.43. The normalized spacial score (nSPS) is 19.2. The molecule has 6 aliphatic rings. The molecule has 0 amide bonds. The van der Waals surface area contributed by atoms with Crippen molar-refractivity contribution >= 4 is 147 Å². The summed E-state index contributed by atoms with van der Waals surface area (Å²) >= 11 is 30.0. The van der Waals surface area contributed by atoms with Gasteiger partial charge in [-0.1, -0.05) is 68.6 Å². The number of H-pyrrole nitrogens is 1. The van der Waals surface area contributed by atoms with Crippen LogP contribution < -0.4 is 35.6 Å². The van der Waals surface area contributed by atoms with Gasteiger partial charge in [-0.05, 0) is 238 Å². The lowest BCUT2D eigenvalue weighted by atomic mass is 9.79. The van der Waals surface area contributed by atoms with Crippen molar-refractivity contribution in [2.45, 2.75) is 249 Å². The third kappa shape index (κ3) is 26.7. The molecule has 10 aromatic heterocycles. The molecule has 0 bridgehead atoms. The molecule has 7 N–H and O–H groups in total. The number of rotatable bonds is 15. The van der Waals surface area contributed by atoms with Gasteiger partial charge in [-0.15, -0.1) is 93.2 Å². The Kier molecular flexibility index (Phi) is 35.0. The number of phenolic OH excluding ortho intramolecular Hbond substituents is 1. The molecule has 20 rings (SSSR count). The van der Waals surface area contributed by atoms with Gasteiger partial charge in [0.25, 0.3) is 0 Å². The minimum atomic E-state index is -1.87. The number of hydrogen-bond acceptors (Lipinski definition) is 28. The fraction of sp³-hybridized carbons (Fsp3) is 0.484. The molecule has 16 heterocycles. The SMILES string of the molecule is BrB(Br)Br.Brc1cnn(C2CCCCO2)c1.CC1(C)CC(n2nnc3cc(-c4ccc(-c5cn[nH]c5)c(F)c4O)nnc32)CC(C)(C)N1.CC1(C)CC(n2nnc3cc(Cl)nnc32)CC(C)(C)N1.COc1c(-c2cc3nnn(C4CC(C)(C)NC(C)(C)C4)c3nn2)ccc(-c2cnn(C3CCCCO3)c2)c1F.COc1c(Cl)ccc(-c2cnn(C3CCCCO3)c2)c1F.COc1c(Cl)ccc(B(O)O)c1F. The highest BCUT2D eigenvalue weighted by Crippen LogP contribution is 2.45. The van der Waals surface area contributed by atoms with Crippen molar-refractivity contribution in [3.63, 3.8) is 0 Å². The highest BCUT2D eigenvalue weighted by molar-refractivity contribution is 9.69. The van der Waals surface area contributed by atoms with Crippen molar-refractivity contribution in [1.29, 1.82) is 0 Å². The van der Waals surface area contributed by atoms with Gasteiger partial charge in [0.05, 0.1) is 90.1 Å². The minimum absolute atomic E-state index is 0.0462. The lowest BCUT2D eigenvalue weighted by Crippen LogP contribution is -2.58. The molecule has 6 saturated heterocycles. The van der Waals surface area contributed by atoms with E-state index in [4.69, 9.17) is 68.5 Å². The van der Waals surface area contributed by atoms with Gasteiger partial charge < -0.3 is 59.5 Å². The van der Waals surface area contributed by atoms with Gasteiger partial charge in [0, 0.05) is 134 Å². The van der Waals surface area contributed by atoms with E-state index in [-0.39, 0.29) is 117 Å². The molecule has 35 nitrogen and oxygen atoms in total. The molecule has 6 fully saturated rings. The zero-order valence-corrected chi connectivity index (χ0v) is 89.2. The summed E-state index contributed by atoms with van der Waals surface area (Å²) < 4.78 is 103. The third-order valence-electron chi connectivity index (χ3n) is 24.5. The predicted molar refractivity (Wildman–Crippen MR) is 547 cm³/mol. The Morgan fingerprint density at radius 2 is 0.787 bits per heavy atom. The van der Waals surface area contributed by atoms with Crippen molar-refractivity contribution in [2.75, 3.05) is 41.2 Å². The number of fused-ring (bicyclic) bond motifs is 3. The molecular weight excluding hydrogens is 2150 g/mol. The van der Waals surface area contributed by atoms with Gasteiger partial charge in [-0.3, -0.25) is 5.10 Å². The van der Waals surface area contributed by atoms with Crippen LogP contribution >= 0.6 is 98.0 Å². The standard InChI is InChI=1S/C28H35FN8O2.C22H25FN8O.C15H16ClFN2O2.C13H19ClN6.C8H11BrN2O.C7H7BClFO3.BBr3/c1-27(2)13-18(14-28(3,4)34-27)37-26-22(32-35-37)12-21(31-33-26)20-10-9-19(24(29)25(20)38-5)17-15-30-36(16-17)23-8-6-7-11-39-23;1-21(2)8-13(9-22(3,4)29-21)31-20-17(27-30-31)7-16(26-28-20)15-6-5-14(18(23)19(15)32)12-10-24-25-11-12;1-20-15-12(16)6-5-11(14(15)17)10-8-18-19(9-10)13-4-2-3-7-21-13;1-12(2)6-8(7-13(3,4)18-12)20-11-9(15-19-20)5-10(14)16-17-11;9-7-5-10-11(6-7)8-3-1-2-4-12-8;1-13-7-5(9)3-2-4(6(7)10)8(11)12;2-1(3)4/h9-10,12,15-16,18,23,34H,6-8,11,13-14H2,1-5H3;5-7,10-11,13,29,32H,8-9H2,1-4H3,(H,24,25);5-6,8-9,13H,2-4,7H2,1H3;5,8,18H,6-7H2,1-4H3;5-6,8H,1-4H2;2-3,11-12H,1H3;. The van der Waals surface area contributed by atoms with Crippen molar-refractivity contribution < 1.29 is 61.1 Å². The number of piperidine rings is 3. The summed E-state index contributed by atoms with van der Waals surface area (Å²) in [4.78, 5) is 0. The second kappa shape index (κ2) is 46.0. The van der Waals surface area contributed by atoms with Crippen LogP contribution in [0.1, 0.15) is 216 Å². The maximum absolute atomic E-state index is 15.8. The Morgan fingerprint density at radius 1 is 0.426 bits per heavy atom. The van der Waals surface area contributed by atoms with E-state index in [1.165, 1.54) is 52.5 Å². The van der Waals surface area contributed by atoms with Crippen LogP contribution in [0, 0.1) is 23.3 Å². The number of aromatic hydroxyl groups is 1. The number of aromatic nitrogens is 23. The number of aromatic amines is 1. The first-order valence-corrected chi connectivity index (χ1v) is 50.7. The van der Waals surface area contributed by atoms with Crippen LogP contribution in [0.15, 0.2) is 121 Å². The summed E-state index contributed by atoms with van der Waals surface area (Å²) in [5.74, 6) is -3.09. The molecule has 0 spiro atoms. The molecule has 141 heavy (non-hydrogen) atoms. The van der Waals surface area contributed by atoms with E-state index in [9.17, 15) is 18.3 Å². The van der Waals surface area contributed by atoms with Gasteiger partial charge in [-0.25, -0.2) is 45.7 Å². The number of halogens is 11. The fourth-order valence-corrected chi connectivity index (χ4v) is 20.4. The number of nitrogens with zero attached hydrogens (tertiary/aromatic N) is 22. The number of benzene rings is 4. The summed E-state index contributed by atoms with van der Waals surface area (Å²) in [6.45, 7) is 28.6. The Morgan fingerprint density at radius 3 is 1.18 bits per heavy atom. The molecule has 3 atom stereocenters. The van der Waals surface area contributed by atoms with Crippen LogP contribution in [0.4, 0.5) is 17.6 Å². The van der Waals surface area contributed by atoms with Crippen LogP contribution in [0.3, 0.4) is 0 Å².